The van der Waals surface area contributed by atoms with Crippen LogP contribution in [0.5, 0.6) is 0 Å². The number of nitrogens with two attached hydrogens (primary N) is 1. The molecule has 0 aliphatic carbocycles. The van der Waals surface area contributed by atoms with Crippen molar-refractivity contribution in [3.05, 3.63) is 101 Å². The third-order valence-electron chi connectivity index (χ3n) is 5.44. The lowest BCUT2D eigenvalue weighted by atomic mass is 10.1. The highest BCUT2D eigenvalue weighted by molar-refractivity contribution is 5.83. The number of aldehydes is 1. The van der Waals surface area contributed by atoms with E-state index < -0.39 is 0 Å². The molecule has 0 fully saturated rings. The van der Waals surface area contributed by atoms with Crippen molar-refractivity contribution in [2.24, 2.45) is 5.73 Å². The van der Waals surface area contributed by atoms with E-state index in [4.69, 9.17) is 10.5 Å². The molecule has 0 saturated carbocycles. The smallest absolute Gasteiger partial charge is 0.234 e. The molecule has 5 N–H and O–H groups in total. The van der Waals surface area contributed by atoms with Crippen LogP contribution in [-0.2, 0) is 22.5 Å². The number of nitrogens with zero attached hydrogens (tertiary/aromatic N) is 1. The molecule has 3 rings (SSSR count). The van der Waals surface area contributed by atoms with Gasteiger partial charge in [-0.05, 0) is 55.4 Å². The van der Waals surface area contributed by atoms with Gasteiger partial charge in [0.1, 0.15) is 17.9 Å². The normalized spacial score (nSPS) is 11.5. The summed E-state index contributed by atoms with van der Waals surface area (Å²) in [5, 5.41) is 6.67. The van der Waals surface area contributed by atoms with Crippen molar-refractivity contribution in [1.82, 2.24) is 20.6 Å². The summed E-state index contributed by atoms with van der Waals surface area (Å²) in [5.74, 6) is 0.171. The van der Waals surface area contributed by atoms with Crippen LogP contribution in [0.1, 0.15) is 27.2 Å². The molecular formula is C28H34FN5O3. The minimum absolute atomic E-state index is 0.0660. The zero-order chi connectivity index (χ0) is 27.2. The number of aromatic amines is 1. The van der Waals surface area contributed by atoms with E-state index in [9.17, 15) is 14.0 Å². The Hall–Kier alpha value is -4.08. The fraction of sp³-hybridized carbons (Fsp3) is 0.250. The van der Waals surface area contributed by atoms with E-state index in [1.165, 1.54) is 7.11 Å². The number of carbonyl (C=O) groups is 2. The lowest BCUT2D eigenvalue weighted by Gasteiger charge is -2.07. The monoisotopic (exact) mass is 507 g/mol. The van der Waals surface area contributed by atoms with E-state index >= 15 is 0 Å². The first-order chi connectivity index (χ1) is 17.8. The number of rotatable bonds is 11. The van der Waals surface area contributed by atoms with Gasteiger partial charge in [0.05, 0.1) is 20.2 Å². The van der Waals surface area contributed by atoms with E-state index in [1.54, 1.807) is 36.5 Å². The van der Waals surface area contributed by atoms with Crippen molar-refractivity contribution in [3.63, 3.8) is 0 Å². The van der Waals surface area contributed by atoms with Gasteiger partial charge in [-0.2, -0.15) is 0 Å². The van der Waals surface area contributed by atoms with Gasteiger partial charge in [0.15, 0.2) is 0 Å². The Kier molecular flexibility index (Phi) is 11.9. The van der Waals surface area contributed by atoms with Crippen LogP contribution in [0.4, 0.5) is 4.39 Å². The van der Waals surface area contributed by atoms with Gasteiger partial charge in [0.25, 0.3) is 0 Å². The zero-order valence-corrected chi connectivity index (χ0v) is 21.4. The van der Waals surface area contributed by atoms with Gasteiger partial charge < -0.3 is 26.1 Å². The summed E-state index contributed by atoms with van der Waals surface area (Å²) >= 11 is 0. The van der Waals surface area contributed by atoms with Gasteiger partial charge in [0, 0.05) is 53.1 Å². The van der Waals surface area contributed by atoms with Gasteiger partial charge in [-0.1, -0.05) is 18.7 Å². The van der Waals surface area contributed by atoms with Crippen molar-refractivity contribution >= 4 is 23.1 Å². The summed E-state index contributed by atoms with van der Waals surface area (Å²) in [6, 6.07) is 6.83. The van der Waals surface area contributed by atoms with Crippen molar-refractivity contribution in [2.75, 3.05) is 27.2 Å². The standard InChI is InChI=1S/C17H21N3O3.C11H13FN2/c1-3-13(8-15-9-14(12-21)6-7-19-15)4-5-16(23-2)11-20-17(22)10-18;1-7-5-14-11-4-10(12)8(6-13-2)3-9(7)11/h3-7,9,12H,1,8,10-11,18H2,2H3,(H,20,22);3-5,13-14H,6H2,1-2H3/b13-4+,16-5-;. The Balaban J connectivity index is 0.000000291. The largest absolute Gasteiger partial charge is 0.499 e. The summed E-state index contributed by atoms with van der Waals surface area (Å²) in [6.07, 6.45) is 10.1. The molecule has 37 heavy (non-hydrogen) atoms. The predicted molar refractivity (Wildman–Crippen MR) is 145 cm³/mol. The van der Waals surface area contributed by atoms with Crippen molar-refractivity contribution in [1.29, 1.82) is 0 Å². The predicted octanol–water partition coefficient (Wildman–Crippen LogP) is 3.49. The van der Waals surface area contributed by atoms with Gasteiger partial charge in [-0.3, -0.25) is 14.6 Å². The quantitative estimate of drug-likeness (QED) is 0.179. The minimum atomic E-state index is -0.254. The van der Waals surface area contributed by atoms with Crippen LogP contribution >= 0.6 is 0 Å². The number of nitrogens with one attached hydrogen (secondary N) is 3. The average Bonchev–Trinajstić information content (AvgIpc) is 3.27. The summed E-state index contributed by atoms with van der Waals surface area (Å²) in [7, 11) is 3.34. The van der Waals surface area contributed by atoms with Crippen LogP contribution in [0.2, 0.25) is 0 Å². The number of amides is 1. The summed E-state index contributed by atoms with van der Waals surface area (Å²) in [4.78, 5) is 29.2. The number of fused-ring (bicyclic) bond motifs is 1. The highest BCUT2D eigenvalue weighted by atomic mass is 19.1. The molecule has 2 heterocycles. The third kappa shape index (κ3) is 9.14. The highest BCUT2D eigenvalue weighted by Gasteiger charge is 2.06. The van der Waals surface area contributed by atoms with E-state index in [2.05, 4.69) is 27.2 Å². The first-order valence-electron chi connectivity index (χ1n) is 11.7. The topological polar surface area (TPSA) is 122 Å². The Bertz CT molecular complexity index is 1280. The number of allylic oxidation sites excluding steroid dienone is 4. The molecule has 0 aliphatic rings. The fourth-order valence-electron chi connectivity index (χ4n) is 3.39. The molecule has 8 nitrogen and oxygen atoms in total. The molecule has 0 radical (unpaired) electrons. The lowest BCUT2D eigenvalue weighted by Crippen LogP contribution is -2.31. The third-order valence-corrected chi connectivity index (χ3v) is 5.44. The number of aryl methyl sites for hydroxylation is 1. The van der Waals surface area contributed by atoms with Crippen LogP contribution in [0.15, 0.2) is 72.8 Å². The number of ether oxygens (including phenoxy) is 1. The second-order valence-corrected chi connectivity index (χ2v) is 8.13. The summed E-state index contributed by atoms with van der Waals surface area (Å²) < 4.78 is 18.6. The molecule has 0 atom stereocenters. The number of pyridine rings is 1. The molecule has 0 unspecified atom stereocenters. The Morgan fingerprint density at radius 1 is 1.30 bits per heavy atom. The number of hydrogen-bond donors (Lipinski definition) is 4. The second-order valence-electron chi connectivity index (χ2n) is 8.13. The Morgan fingerprint density at radius 3 is 2.73 bits per heavy atom. The molecule has 1 amide bonds. The highest BCUT2D eigenvalue weighted by Crippen LogP contribution is 2.21. The van der Waals surface area contributed by atoms with Crippen LogP contribution in [0.25, 0.3) is 10.9 Å². The first kappa shape index (κ1) is 29.2. The molecule has 9 heteroatoms. The number of methoxy groups -OCH3 is 1. The number of aromatic nitrogens is 2. The Morgan fingerprint density at radius 2 is 2.08 bits per heavy atom. The molecule has 0 spiro atoms. The van der Waals surface area contributed by atoms with Crippen LogP contribution in [-0.4, -0.2) is 49.4 Å². The number of benzene rings is 1. The van der Waals surface area contributed by atoms with E-state index in [-0.39, 0.29) is 24.8 Å². The van der Waals surface area contributed by atoms with Crippen molar-refractivity contribution < 1.29 is 18.7 Å². The average molecular weight is 508 g/mol. The van der Waals surface area contributed by atoms with Gasteiger partial charge in [-0.15, -0.1) is 0 Å². The van der Waals surface area contributed by atoms with Gasteiger partial charge in [0.2, 0.25) is 5.91 Å². The number of H-pyrrole nitrogens is 1. The maximum absolute atomic E-state index is 13.5. The molecule has 3 aromatic rings. The Labute approximate surface area is 216 Å². The zero-order valence-electron chi connectivity index (χ0n) is 21.4. The van der Waals surface area contributed by atoms with Crippen LogP contribution < -0.4 is 16.4 Å². The van der Waals surface area contributed by atoms with Gasteiger partial charge in [-0.25, -0.2) is 4.39 Å². The number of carbonyl (C=O) groups excluding carboxylic acids is 2. The molecule has 0 saturated heterocycles. The number of halogens is 1. The fourth-order valence-corrected chi connectivity index (χ4v) is 3.39. The van der Waals surface area contributed by atoms with Crippen molar-refractivity contribution in [2.45, 2.75) is 19.9 Å². The molecular weight excluding hydrogens is 473 g/mol. The van der Waals surface area contributed by atoms with E-state index in [0.717, 1.165) is 34.0 Å². The van der Waals surface area contributed by atoms with Crippen LogP contribution in [0.3, 0.4) is 0 Å². The SMILES string of the molecule is C=C/C(=C\C=C(\CNC(=O)CN)OC)Cc1cc(C=O)ccn1.CNCc1cc2c(C)c[nH]c2cc1F. The minimum Gasteiger partial charge on any atom is -0.499 e. The maximum atomic E-state index is 13.5. The number of hydrogen-bond acceptors (Lipinski definition) is 6. The maximum Gasteiger partial charge on any atom is 0.234 e. The lowest BCUT2D eigenvalue weighted by molar-refractivity contribution is -0.119. The van der Waals surface area contributed by atoms with E-state index in [0.29, 0.717) is 29.9 Å². The van der Waals surface area contributed by atoms with Gasteiger partial charge >= 0.3 is 0 Å². The second kappa shape index (κ2) is 15.1. The van der Waals surface area contributed by atoms with E-state index in [1.807, 2.05) is 32.3 Å². The summed E-state index contributed by atoms with van der Waals surface area (Å²) in [5.41, 5.74) is 10.2. The summed E-state index contributed by atoms with van der Waals surface area (Å²) in [6.45, 7) is 6.54. The van der Waals surface area contributed by atoms with Crippen molar-refractivity contribution in [3.8, 4) is 0 Å². The first-order valence-corrected chi connectivity index (χ1v) is 11.7. The molecule has 0 bridgehead atoms. The molecule has 2 aromatic heterocycles. The molecule has 196 valence electrons. The van der Waals surface area contributed by atoms with Crippen LogP contribution in [0, 0.1) is 12.7 Å². The molecule has 0 aliphatic heterocycles. The molecule has 1 aromatic carbocycles.